The van der Waals surface area contributed by atoms with E-state index in [0.29, 0.717) is 6.42 Å². The Bertz CT molecular complexity index is 632. The van der Waals surface area contributed by atoms with E-state index in [0.717, 1.165) is 42.8 Å². The molecule has 0 radical (unpaired) electrons. The fourth-order valence-electron chi connectivity index (χ4n) is 3.04. The van der Waals surface area contributed by atoms with E-state index < -0.39 is 0 Å². The molecule has 1 atom stereocenters. The molecule has 1 amide bonds. The van der Waals surface area contributed by atoms with Gasteiger partial charge < -0.3 is 9.47 Å². The number of nitrogens with zero attached hydrogens (tertiary/aromatic N) is 3. The largest absolute Gasteiger partial charge is 0.342 e. The van der Waals surface area contributed by atoms with E-state index in [1.807, 2.05) is 30.1 Å². The van der Waals surface area contributed by atoms with Gasteiger partial charge in [0.25, 0.3) is 0 Å². The van der Waals surface area contributed by atoms with Crippen LogP contribution in [0.1, 0.15) is 37.9 Å². The number of aromatic nitrogens is 2. The van der Waals surface area contributed by atoms with Crippen LogP contribution in [0, 0.1) is 0 Å². The minimum atomic E-state index is 0.233. The van der Waals surface area contributed by atoms with Gasteiger partial charge in [-0.1, -0.05) is 25.5 Å². The maximum Gasteiger partial charge on any atom is 0.223 e. The van der Waals surface area contributed by atoms with E-state index in [1.54, 1.807) is 0 Å². The van der Waals surface area contributed by atoms with Crippen molar-refractivity contribution >= 4 is 16.9 Å². The maximum absolute atomic E-state index is 12.1. The standard InChI is InChI=1S/C16H21N3O/c1-3-4-9-19-11-12(10-15(19)20)16-17-13-7-5-6-8-14(13)18(16)2/h5-8,12H,3-4,9-11H2,1-2H3/t12-/m0/s1. The lowest BCUT2D eigenvalue weighted by Crippen LogP contribution is -2.26. The molecule has 4 nitrogen and oxygen atoms in total. The van der Waals surface area contributed by atoms with Gasteiger partial charge in [0, 0.05) is 32.5 Å². The first-order valence-electron chi connectivity index (χ1n) is 7.40. The summed E-state index contributed by atoms with van der Waals surface area (Å²) in [4.78, 5) is 18.8. The lowest BCUT2D eigenvalue weighted by atomic mass is 10.1. The molecule has 1 aliphatic rings. The summed E-state index contributed by atoms with van der Waals surface area (Å²) in [6, 6.07) is 8.15. The molecule has 4 heteroatoms. The molecule has 0 spiro atoms. The topological polar surface area (TPSA) is 38.1 Å². The minimum absolute atomic E-state index is 0.233. The Morgan fingerprint density at radius 1 is 1.35 bits per heavy atom. The van der Waals surface area contributed by atoms with Crippen LogP contribution >= 0.6 is 0 Å². The maximum atomic E-state index is 12.1. The number of rotatable bonds is 4. The Morgan fingerprint density at radius 2 is 2.15 bits per heavy atom. The number of unbranched alkanes of at least 4 members (excludes halogenated alkanes) is 1. The quantitative estimate of drug-likeness (QED) is 0.857. The van der Waals surface area contributed by atoms with Crippen LogP contribution in [0.25, 0.3) is 11.0 Å². The second kappa shape index (κ2) is 5.27. The van der Waals surface area contributed by atoms with Crippen LogP contribution < -0.4 is 0 Å². The zero-order valence-electron chi connectivity index (χ0n) is 12.2. The summed E-state index contributed by atoms with van der Waals surface area (Å²) in [6.45, 7) is 3.86. The molecule has 0 bridgehead atoms. The Hall–Kier alpha value is -1.84. The number of aryl methyl sites for hydroxylation is 1. The van der Waals surface area contributed by atoms with Crippen molar-refractivity contribution in [1.82, 2.24) is 14.5 Å². The third-order valence-electron chi connectivity index (χ3n) is 4.18. The number of para-hydroxylation sites is 2. The fourth-order valence-corrected chi connectivity index (χ4v) is 3.04. The summed E-state index contributed by atoms with van der Waals surface area (Å²) in [7, 11) is 2.05. The van der Waals surface area contributed by atoms with E-state index in [4.69, 9.17) is 4.98 Å². The molecule has 0 saturated carbocycles. The summed E-state index contributed by atoms with van der Waals surface area (Å²) >= 11 is 0. The Kier molecular flexibility index (Phi) is 3.47. The molecule has 106 valence electrons. The first kappa shape index (κ1) is 13.2. The van der Waals surface area contributed by atoms with Gasteiger partial charge in [-0.15, -0.1) is 0 Å². The lowest BCUT2D eigenvalue weighted by Gasteiger charge is -2.15. The van der Waals surface area contributed by atoms with Crippen molar-refractivity contribution in [3.05, 3.63) is 30.1 Å². The van der Waals surface area contributed by atoms with E-state index in [2.05, 4.69) is 17.6 Å². The fraction of sp³-hybridized carbons (Fsp3) is 0.500. The van der Waals surface area contributed by atoms with E-state index in [1.165, 1.54) is 0 Å². The van der Waals surface area contributed by atoms with Crippen molar-refractivity contribution in [3.8, 4) is 0 Å². The van der Waals surface area contributed by atoms with E-state index in [-0.39, 0.29) is 11.8 Å². The number of imidazole rings is 1. The van der Waals surface area contributed by atoms with Gasteiger partial charge in [0.05, 0.1) is 11.0 Å². The highest BCUT2D eigenvalue weighted by molar-refractivity contribution is 5.80. The highest BCUT2D eigenvalue weighted by Crippen LogP contribution is 2.29. The number of likely N-dealkylation sites (tertiary alicyclic amines) is 1. The molecular formula is C16H21N3O. The van der Waals surface area contributed by atoms with Gasteiger partial charge in [0.15, 0.2) is 0 Å². The van der Waals surface area contributed by atoms with Crippen LogP contribution in [-0.4, -0.2) is 33.4 Å². The summed E-state index contributed by atoms with van der Waals surface area (Å²) in [6.07, 6.45) is 2.81. The Balaban J connectivity index is 1.85. The monoisotopic (exact) mass is 271 g/mol. The molecule has 20 heavy (non-hydrogen) atoms. The first-order chi connectivity index (χ1) is 9.70. The zero-order chi connectivity index (χ0) is 14.1. The highest BCUT2D eigenvalue weighted by atomic mass is 16.2. The van der Waals surface area contributed by atoms with Gasteiger partial charge in [-0.2, -0.15) is 0 Å². The predicted molar refractivity (Wildman–Crippen MR) is 79.6 cm³/mol. The normalized spacial score (nSPS) is 19.2. The SMILES string of the molecule is CCCCN1C[C@@H](c2nc3ccccc3n2C)CC1=O. The summed E-state index contributed by atoms with van der Waals surface area (Å²) in [5.74, 6) is 1.55. The molecule has 3 rings (SSSR count). The van der Waals surface area contributed by atoms with Gasteiger partial charge in [-0.3, -0.25) is 4.79 Å². The molecule has 1 saturated heterocycles. The second-order valence-electron chi connectivity index (χ2n) is 5.61. The summed E-state index contributed by atoms with van der Waals surface area (Å²) < 4.78 is 2.14. The molecule has 0 aliphatic carbocycles. The van der Waals surface area contributed by atoms with Crippen molar-refractivity contribution in [2.75, 3.05) is 13.1 Å². The molecule has 2 aromatic rings. The van der Waals surface area contributed by atoms with Crippen LogP contribution in [0.4, 0.5) is 0 Å². The van der Waals surface area contributed by atoms with Gasteiger partial charge in [0.2, 0.25) is 5.91 Å². The lowest BCUT2D eigenvalue weighted by molar-refractivity contribution is -0.127. The number of carbonyl (C=O) groups is 1. The van der Waals surface area contributed by atoms with Crippen molar-refractivity contribution in [2.24, 2.45) is 7.05 Å². The first-order valence-corrected chi connectivity index (χ1v) is 7.40. The highest BCUT2D eigenvalue weighted by Gasteiger charge is 2.32. The Morgan fingerprint density at radius 3 is 2.90 bits per heavy atom. The van der Waals surface area contributed by atoms with Crippen molar-refractivity contribution in [2.45, 2.75) is 32.1 Å². The van der Waals surface area contributed by atoms with E-state index in [9.17, 15) is 4.79 Å². The molecule has 1 aliphatic heterocycles. The molecule has 1 fully saturated rings. The molecular weight excluding hydrogens is 250 g/mol. The minimum Gasteiger partial charge on any atom is -0.342 e. The van der Waals surface area contributed by atoms with Crippen LogP contribution in [0.15, 0.2) is 24.3 Å². The van der Waals surface area contributed by atoms with Gasteiger partial charge in [0.1, 0.15) is 5.82 Å². The number of hydrogen-bond acceptors (Lipinski definition) is 2. The third-order valence-corrected chi connectivity index (χ3v) is 4.18. The van der Waals surface area contributed by atoms with Crippen LogP contribution in [0.5, 0.6) is 0 Å². The molecule has 0 N–H and O–H groups in total. The van der Waals surface area contributed by atoms with Gasteiger partial charge in [-0.25, -0.2) is 4.98 Å². The van der Waals surface area contributed by atoms with Gasteiger partial charge >= 0.3 is 0 Å². The number of amides is 1. The third kappa shape index (κ3) is 2.19. The van der Waals surface area contributed by atoms with Crippen molar-refractivity contribution < 1.29 is 4.79 Å². The second-order valence-corrected chi connectivity index (χ2v) is 5.61. The van der Waals surface area contributed by atoms with Crippen LogP contribution in [-0.2, 0) is 11.8 Å². The Labute approximate surface area is 119 Å². The molecule has 0 unspecified atom stereocenters. The molecule has 1 aromatic carbocycles. The molecule has 2 heterocycles. The summed E-state index contributed by atoms with van der Waals surface area (Å²) in [5, 5.41) is 0. The number of hydrogen-bond donors (Lipinski definition) is 0. The number of carbonyl (C=O) groups excluding carboxylic acids is 1. The average Bonchev–Trinajstić information content (AvgIpc) is 2.98. The average molecular weight is 271 g/mol. The number of fused-ring (bicyclic) bond motifs is 1. The predicted octanol–water partition coefficient (Wildman–Crippen LogP) is 2.69. The van der Waals surface area contributed by atoms with Crippen LogP contribution in [0.2, 0.25) is 0 Å². The zero-order valence-corrected chi connectivity index (χ0v) is 12.2. The summed E-state index contributed by atoms with van der Waals surface area (Å²) in [5.41, 5.74) is 2.16. The smallest absolute Gasteiger partial charge is 0.223 e. The molecule has 1 aromatic heterocycles. The number of benzene rings is 1. The van der Waals surface area contributed by atoms with E-state index >= 15 is 0 Å². The van der Waals surface area contributed by atoms with Crippen molar-refractivity contribution in [3.63, 3.8) is 0 Å². The van der Waals surface area contributed by atoms with Gasteiger partial charge in [-0.05, 0) is 18.6 Å². The van der Waals surface area contributed by atoms with Crippen molar-refractivity contribution in [1.29, 1.82) is 0 Å². The van der Waals surface area contributed by atoms with Crippen LogP contribution in [0.3, 0.4) is 0 Å².